The van der Waals surface area contributed by atoms with Gasteiger partial charge in [-0.25, -0.2) is 9.94 Å². The lowest BCUT2D eigenvalue weighted by Crippen LogP contribution is -2.38. The summed E-state index contributed by atoms with van der Waals surface area (Å²) in [4.78, 5) is 31.0. The van der Waals surface area contributed by atoms with Gasteiger partial charge in [0.2, 0.25) is 11.7 Å². The number of hydrogen-bond donors (Lipinski definition) is 1. The second-order valence-electron chi connectivity index (χ2n) is 11.7. The molecule has 2 aromatic heterocycles. The molecule has 1 N–H and O–H groups in total. The Morgan fingerprint density at radius 3 is 2.46 bits per heavy atom. The molecule has 9 nitrogen and oxygen atoms in total. The van der Waals surface area contributed by atoms with Gasteiger partial charge >= 0.3 is 0 Å². The number of hydrazone groups is 1. The van der Waals surface area contributed by atoms with E-state index in [0.29, 0.717) is 42.3 Å². The van der Waals surface area contributed by atoms with E-state index < -0.39 is 0 Å². The molecule has 1 unspecified atom stereocenters. The number of fused-ring (bicyclic) bond motifs is 1. The van der Waals surface area contributed by atoms with E-state index in [-0.39, 0.29) is 29.4 Å². The average molecular weight is 555 g/mol. The van der Waals surface area contributed by atoms with Crippen LogP contribution in [0.1, 0.15) is 68.7 Å². The zero-order valence-corrected chi connectivity index (χ0v) is 24.7. The van der Waals surface area contributed by atoms with E-state index in [9.17, 15) is 9.59 Å². The summed E-state index contributed by atoms with van der Waals surface area (Å²) in [6.45, 7) is 10.6. The van der Waals surface area contributed by atoms with Gasteiger partial charge in [-0.2, -0.15) is 15.2 Å². The van der Waals surface area contributed by atoms with Crippen LogP contribution in [-0.2, 0) is 28.9 Å². The van der Waals surface area contributed by atoms with Crippen LogP contribution in [0, 0.1) is 12.3 Å². The minimum absolute atomic E-state index is 0.0802. The van der Waals surface area contributed by atoms with Gasteiger partial charge in [-0.3, -0.25) is 14.2 Å². The summed E-state index contributed by atoms with van der Waals surface area (Å²) in [5.41, 5.74) is 8.44. The van der Waals surface area contributed by atoms with E-state index in [4.69, 9.17) is 9.84 Å². The summed E-state index contributed by atoms with van der Waals surface area (Å²) in [5, 5.41) is 9.04. The summed E-state index contributed by atoms with van der Waals surface area (Å²) in [6, 6.07) is 16.2. The molecule has 0 spiro atoms. The number of aromatic nitrogens is 4. The molecule has 0 saturated carbocycles. The normalized spacial score (nSPS) is 14.4. The smallest absolute Gasteiger partial charge is 0.258 e. The van der Waals surface area contributed by atoms with Crippen LogP contribution in [0.25, 0.3) is 16.9 Å². The molecule has 0 fully saturated rings. The first-order chi connectivity index (χ1) is 19.6. The van der Waals surface area contributed by atoms with Gasteiger partial charge in [-0.15, -0.1) is 0 Å². The Balaban J connectivity index is 1.66. The number of nitrogens with one attached hydrogen (secondary N) is 1. The minimum Gasteiger partial charge on any atom is -0.379 e. The number of carbonyl (C=O) groups is 1. The quantitative estimate of drug-likeness (QED) is 0.323. The fourth-order valence-electron chi connectivity index (χ4n) is 5.50. The van der Waals surface area contributed by atoms with Gasteiger partial charge in [0.15, 0.2) is 0 Å². The molecule has 1 amide bonds. The van der Waals surface area contributed by atoms with Crippen molar-refractivity contribution < 1.29 is 9.53 Å². The molecule has 214 valence electrons. The second-order valence-corrected chi connectivity index (χ2v) is 11.7. The van der Waals surface area contributed by atoms with E-state index in [0.717, 1.165) is 34.4 Å². The fraction of sp³-hybridized carbons (Fsp3) is 0.406. The predicted molar refractivity (Wildman–Crippen MR) is 160 cm³/mol. The Hall–Kier alpha value is -4.11. The lowest BCUT2D eigenvalue weighted by atomic mass is 9.89. The van der Waals surface area contributed by atoms with Crippen LogP contribution >= 0.6 is 0 Å². The van der Waals surface area contributed by atoms with E-state index in [1.54, 1.807) is 11.7 Å². The average Bonchev–Trinajstić information content (AvgIpc) is 3.55. The van der Waals surface area contributed by atoms with Gasteiger partial charge in [-0.1, -0.05) is 76.6 Å². The molecule has 3 heterocycles. The highest BCUT2D eigenvalue weighted by atomic mass is 16.5. The molecule has 1 atom stereocenters. The summed E-state index contributed by atoms with van der Waals surface area (Å²) in [7, 11) is 1.68. The highest BCUT2D eigenvalue weighted by Gasteiger charge is 2.28. The lowest BCUT2D eigenvalue weighted by molar-refractivity contribution is -0.119. The van der Waals surface area contributed by atoms with Crippen molar-refractivity contribution in [2.24, 2.45) is 10.5 Å². The molecule has 0 saturated heterocycles. The maximum absolute atomic E-state index is 14.3. The Morgan fingerprint density at radius 1 is 1.07 bits per heavy atom. The van der Waals surface area contributed by atoms with Crippen LogP contribution in [0.15, 0.2) is 58.4 Å². The molecular formula is C32H38N6O3. The van der Waals surface area contributed by atoms with Gasteiger partial charge in [0.1, 0.15) is 5.82 Å². The van der Waals surface area contributed by atoms with Crippen molar-refractivity contribution in [3.63, 3.8) is 0 Å². The molecule has 9 heteroatoms. The number of methoxy groups -OCH3 is 1. The molecular weight excluding hydrogens is 516 g/mol. The van der Waals surface area contributed by atoms with Crippen LogP contribution in [0.3, 0.4) is 0 Å². The van der Waals surface area contributed by atoms with Crippen LogP contribution in [0.5, 0.6) is 0 Å². The first-order valence-electron chi connectivity index (χ1n) is 14.2. The summed E-state index contributed by atoms with van der Waals surface area (Å²) in [6.07, 6.45) is 1.97. The molecule has 5 rings (SSSR count). The second kappa shape index (κ2) is 11.4. The van der Waals surface area contributed by atoms with Crippen molar-refractivity contribution in [2.75, 3.05) is 7.11 Å². The van der Waals surface area contributed by atoms with Crippen molar-refractivity contribution in [3.05, 3.63) is 87.1 Å². The zero-order chi connectivity index (χ0) is 29.3. The third-order valence-corrected chi connectivity index (χ3v) is 7.63. The number of benzene rings is 2. The SMILES string of the molecule is CCCc1c(Cc2ccc(-c3ccccc3)c(C3=NNC(=O)C3)c2)c(=O)n(CC(OC)C(C)(C)C)c2nc(C)nn12. The molecule has 0 bridgehead atoms. The number of ether oxygens (including phenoxy) is 1. The van der Waals surface area contributed by atoms with Crippen molar-refractivity contribution in [3.8, 4) is 11.1 Å². The minimum atomic E-state index is -0.201. The molecule has 4 aromatic rings. The van der Waals surface area contributed by atoms with Crippen molar-refractivity contribution in [1.29, 1.82) is 0 Å². The van der Waals surface area contributed by atoms with E-state index >= 15 is 0 Å². The first kappa shape index (κ1) is 28.4. The Kier molecular flexibility index (Phi) is 7.91. The molecule has 1 aliphatic rings. The van der Waals surface area contributed by atoms with E-state index in [1.807, 2.05) is 41.8 Å². The van der Waals surface area contributed by atoms with Crippen molar-refractivity contribution in [2.45, 2.75) is 73.0 Å². The van der Waals surface area contributed by atoms with Crippen LogP contribution in [0.2, 0.25) is 0 Å². The maximum atomic E-state index is 14.3. The monoisotopic (exact) mass is 554 g/mol. The van der Waals surface area contributed by atoms with Crippen LogP contribution < -0.4 is 11.0 Å². The Bertz CT molecular complexity index is 1680. The van der Waals surface area contributed by atoms with Crippen molar-refractivity contribution in [1.82, 2.24) is 24.6 Å². The number of nitrogens with zero attached hydrogens (tertiary/aromatic N) is 5. The Morgan fingerprint density at radius 2 is 1.83 bits per heavy atom. The molecule has 0 aliphatic carbocycles. The first-order valence-corrected chi connectivity index (χ1v) is 14.2. The van der Waals surface area contributed by atoms with Gasteiger partial charge in [-0.05, 0) is 41.5 Å². The van der Waals surface area contributed by atoms with Gasteiger partial charge in [0.25, 0.3) is 5.56 Å². The van der Waals surface area contributed by atoms with E-state index in [1.165, 1.54) is 0 Å². The predicted octanol–water partition coefficient (Wildman–Crippen LogP) is 4.69. The maximum Gasteiger partial charge on any atom is 0.258 e. The van der Waals surface area contributed by atoms with Gasteiger partial charge in [0, 0.05) is 24.7 Å². The van der Waals surface area contributed by atoms with E-state index in [2.05, 4.69) is 61.4 Å². The fourth-order valence-corrected chi connectivity index (χ4v) is 5.50. The number of aryl methyl sites for hydroxylation is 2. The molecule has 1 aliphatic heterocycles. The number of amides is 1. The largest absolute Gasteiger partial charge is 0.379 e. The van der Waals surface area contributed by atoms with Crippen molar-refractivity contribution >= 4 is 17.4 Å². The van der Waals surface area contributed by atoms with Crippen LogP contribution in [-0.4, -0.2) is 44.0 Å². The summed E-state index contributed by atoms with van der Waals surface area (Å²) in [5.74, 6) is 1.02. The highest BCUT2D eigenvalue weighted by molar-refractivity contribution is 6.16. The third-order valence-electron chi connectivity index (χ3n) is 7.63. The number of hydrogen-bond acceptors (Lipinski definition) is 6. The molecule has 41 heavy (non-hydrogen) atoms. The summed E-state index contributed by atoms with van der Waals surface area (Å²) < 4.78 is 9.40. The van der Waals surface area contributed by atoms with Gasteiger partial charge < -0.3 is 4.74 Å². The number of rotatable bonds is 9. The Labute approximate surface area is 240 Å². The highest BCUT2D eigenvalue weighted by Crippen LogP contribution is 2.29. The lowest BCUT2D eigenvalue weighted by Gasteiger charge is -2.30. The summed E-state index contributed by atoms with van der Waals surface area (Å²) >= 11 is 0. The number of carbonyl (C=O) groups excluding carboxylic acids is 1. The zero-order valence-electron chi connectivity index (χ0n) is 24.7. The van der Waals surface area contributed by atoms with Gasteiger partial charge in [0.05, 0.1) is 30.5 Å². The molecule has 0 radical (unpaired) electrons. The standard InChI is InChI=1S/C32H38N6O3/c1-7-11-27-25(30(40)37(19-28(41-6)32(3,4)5)31-33-20(2)36-38(27)31)17-21-14-15-23(22-12-9-8-10-13-22)24(16-21)26-18-29(39)35-34-26/h8-10,12-16,28H,7,11,17-19H2,1-6H3,(H,35,39). The molecule has 2 aromatic carbocycles. The third kappa shape index (κ3) is 5.72. The van der Waals surface area contributed by atoms with Crippen LogP contribution in [0.4, 0.5) is 0 Å². The topological polar surface area (TPSA) is 103 Å².